The van der Waals surface area contributed by atoms with Crippen molar-refractivity contribution >= 4 is 29.1 Å². The van der Waals surface area contributed by atoms with Crippen molar-refractivity contribution in [3.63, 3.8) is 0 Å². The molecule has 1 fully saturated rings. The lowest BCUT2D eigenvalue weighted by Gasteiger charge is -2.16. The average molecular weight is 397 g/mol. The van der Waals surface area contributed by atoms with Crippen LogP contribution >= 0.6 is 11.8 Å². The summed E-state index contributed by atoms with van der Waals surface area (Å²) in [5.41, 5.74) is 1.47. The highest BCUT2D eigenvalue weighted by Crippen LogP contribution is 2.26. The first-order valence-corrected chi connectivity index (χ1v) is 9.75. The van der Waals surface area contributed by atoms with Gasteiger partial charge in [-0.05, 0) is 30.7 Å². The Morgan fingerprint density at radius 1 is 1.18 bits per heavy atom. The number of benzene rings is 2. The number of Topliss-reactive ketones (excluding diaryl/α,β-unsaturated/α-hetero) is 1. The molecule has 1 amide bonds. The third kappa shape index (κ3) is 3.82. The van der Waals surface area contributed by atoms with Gasteiger partial charge in [0.15, 0.2) is 5.78 Å². The number of nitrogens with zero attached hydrogens (tertiary/aromatic N) is 3. The van der Waals surface area contributed by atoms with Crippen molar-refractivity contribution in [1.29, 1.82) is 0 Å². The number of hydrogen-bond acceptors (Lipinski definition) is 6. The van der Waals surface area contributed by atoms with Gasteiger partial charge in [-0.15, -0.1) is 10.2 Å². The maximum absolute atomic E-state index is 13.8. The molecule has 1 aliphatic heterocycles. The summed E-state index contributed by atoms with van der Waals surface area (Å²) in [6, 6.07) is 13.1. The molecule has 0 atom stereocenters. The molecule has 28 heavy (non-hydrogen) atoms. The van der Waals surface area contributed by atoms with Gasteiger partial charge in [0.25, 0.3) is 11.1 Å². The number of rotatable bonds is 6. The molecule has 0 spiro atoms. The average Bonchev–Trinajstić information content (AvgIpc) is 3.35. The van der Waals surface area contributed by atoms with Crippen LogP contribution in [0.25, 0.3) is 11.5 Å². The fourth-order valence-electron chi connectivity index (χ4n) is 2.99. The minimum Gasteiger partial charge on any atom is -0.411 e. The molecule has 2 heterocycles. The van der Waals surface area contributed by atoms with E-state index in [0.717, 1.165) is 23.9 Å². The second kappa shape index (κ2) is 7.93. The Labute approximate surface area is 164 Å². The van der Waals surface area contributed by atoms with Crippen LogP contribution in [-0.4, -0.2) is 34.2 Å². The number of anilines is 1. The zero-order chi connectivity index (χ0) is 19.5. The molecule has 8 heteroatoms. The van der Waals surface area contributed by atoms with Crippen molar-refractivity contribution in [2.24, 2.45) is 0 Å². The van der Waals surface area contributed by atoms with Crippen molar-refractivity contribution < 1.29 is 18.4 Å². The van der Waals surface area contributed by atoms with E-state index in [1.165, 1.54) is 6.07 Å². The fraction of sp³-hybridized carbons (Fsp3) is 0.200. The Kier molecular flexibility index (Phi) is 5.21. The lowest BCUT2D eigenvalue weighted by molar-refractivity contribution is -0.117. The van der Waals surface area contributed by atoms with Gasteiger partial charge in [-0.2, -0.15) is 0 Å². The van der Waals surface area contributed by atoms with E-state index in [9.17, 15) is 14.0 Å². The lowest BCUT2D eigenvalue weighted by atomic mass is 10.1. The Balaban J connectivity index is 1.43. The summed E-state index contributed by atoms with van der Waals surface area (Å²) < 4.78 is 19.2. The molecule has 142 valence electrons. The smallest absolute Gasteiger partial charge is 0.277 e. The van der Waals surface area contributed by atoms with E-state index in [4.69, 9.17) is 4.42 Å². The summed E-state index contributed by atoms with van der Waals surface area (Å²) in [6.07, 6.45) is 1.36. The van der Waals surface area contributed by atoms with Crippen LogP contribution < -0.4 is 4.90 Å². The van der Waals surface area contributed by atoms with Crippen LogP contribution in [0.1, 0.15) is 23.2 Å². The van der Waals surface area contributed by atoms with Gasteiger partial charge in [0.2, 0.25) is 5.91 Å². The van der Waals surface area contributed by atoms with Gasteiger partial charge in [0, 0.05) is 24.2 Å². The Morgan fingerprint density at radius 2 is 2.04 bits per heavy atom. The number of halogens is 1. The van der Waals surface area contributed by atoms with E-state index in [2.05, 4.69) is 10.2 Å². The zero-order valence-electron chi connectivity index (χ0n) is 14.8. The molecule has 4 rings (SSSR count). The van der Waals surface area contributed by atoms with Crippen LogP contribution in [0.2, 0.25) is 0 Å². The van der Waals surface area contributed by atoms with Crippen LogP contribution in [0.5, 0.6) is 0 Å². The van der Waals surface area contributed by atoms with Crippen LogP contribution in [-0.2, 0) is 4.79 Å². The number of carbonyl (C=O) groups excluding carboxylic acids is 2. The van der Waals surface area contributed by atoms with E-state index in [1.807, 2.05) is 6.07 Å². The molecule has 1 saturated heterocycles. The molecule has 2 aromatic carbocycles. The number of hydrogen-bond donors (Lipinski definition) is 0. The predicted molar refractivity (Wildman–Crippen MR) is 103 cm³/mol. The number of carbonyl (C=O) groups is 2. The first-order chi connectivity index (χ1) is 13.6. The molecular formula is C20H16FN3O3S. The highest BCUT2D eigenvalue weighted by Gasteiger charge is 2.22. The van der Waals surface area contributed by atoms with E-state index < -0.39 is 5.82 Å². The molecule has 0 unspecified atom stereocenters. The molecule has 0 saturated carbocycles. The topological polar surface area (TPSA) is 76.3 Å². The van der Waals surface area contributed by atoms with Gasteiger partial charge in [-0.1, -0.05) is 36.0 Å². The van der Waals surface area contributed by atoms with E-state index in [-0.39, 0.29) is 34.1 Å². The Morgan fingerprint density at radius 3 is 2.82 bits per heavy atom. The second-order valence-electron chi connectivity index (χ2n) is 6.26. The number of amides is 1. The molecule has 1 aromatic heterocycles. The number of ketones is 1. The summed E-state index contributed by atoms with van der Waals surface area (Å²) in [7, 11) is 0. The third-order valence-corrected chi connectivity index (χ3v) is 5.21. The molecule has 6 nitrogen and oxygen atoms in total. The molecule has 3 aromatic rings. The minimum absolute atomic E-state index is 0.0718. The summed E-state index contributed by atoms with van der Waals surface area (Å²) in [5.74, 6) is -0.333. The zero-order valence-corrected chi connectivity index (χ0v) is 15.6. The van der Waals surface area contributed by atoms with Crippen molar-refractivity contribution in [2.75, 3.05) is 17.2 Å². The van der Waals surface area contributed by atoms with Gasteiger partial charge in [-0.3, -0.25) is 9.59 Å². The lowest BCUT2D eigenvalue weighted by Crippen LogP contribution is -2.23. The molecule has 0 bridgehead atoms. The SMILES string of the molecule is O=C(CSc1nnc(-c2ccccc2F)o1)c1cccc(N2CCCC2=O)c1. The van der Waals surface area contributed by atoms with Gasteiger partial charge in [0.1, 0.15) is 5.82 Å². The maximum Gasteiger partial charge on any atom is 0.277 e. The monoisotopic (exact) mass is 397 g/mol. The third-order valence-electron chi connectivity index (χ3n) is 4.39. The van der Waals surface area contributed by atoms with Crippen LogP contribution in [0, 0.1) is 5.82 Å². The van der Waals surface area contributed by atoms with Crippen LogP contribution in [0.4, 0.5) is 10.1 Å². The van der Waals surface area contributed by atoms with Crippen LogP contribution in [0.3, 0.4) is 0 Å². The van der Waals surface area contributed by atoms with Gasteiger partial charge < -0.3 is 9.32 Å². The highest BCUT2D eigenvalue weighted by molar-refractivity contribution is 7.99. The molecule has 0 N–H and O–H groups in total. The molecule has 1 aliphatic rings. The molecular weight excluding hydrogens is 381 g/mol. The number of thioether (sulfide) groups is 1. The first kappa shape index (κ1) is 18.4. The van der Waals surface area contributed by atoms with Gasteiger partial charge >= 0.3 is 0 Å². The van der Waals surface area contributed by atoms with Gasteiger partial charge in [-0.25, -0.2) is 4.39 Å². The van der Waals surface area contributed by atoms with Crippen LogP contribution in [0.15, 0.2) is 58.2 Å². The Hall–Kier alpha value is -3.00. The van der Waals surface area contributed by atoms with E-state index in [1.54, 1.807) is 41.3 Å². The van der Waals surface area contributed by atoms with Crippen molar-refractivity contribution in [1.82, 2.24) is 10.2 Å². The predicted octanol–water partition coefficient (Wildman–Crippen LogP) is 3.98. The quantitative estimate of drug-likeness (QED) is 0.463. The minimum atomic E-state index is -0.452. The Bertz CT molecular complexity index is 1040. The van der Waals surface area contributed by atoms with Gasteiger partial charge in [0.05, 0.1) is 11.3 Å². The molecule has 0 radical (unpaired) electrons. The van der Waals surface area contributed by atoms with Crippen molar-refractivity contribution in [2.45, 2.75) is 18.1 Å². The summed E-state index contributed by atoms with van der Waals surface area (Å²) >= 11 is 1.09. The summed E-state index contributed by atoms with van der Waals surface area (Å²) in [5, 5.41) is 7.90. The highest BCUT2D eigenvalue weighted by atomic mass is 32.2. The van der Waals surface area contributed by atoms with E-state index >= 15 is 0 Å². The van der Waals surface area contributed by atoms with Crippen molar-refractivity contribution in [3.8, 4) is 11.5 Å². The normalized spacial score (nSPS) is 13.9. The molecule has 0 aliphatic carbocycles. The largest absolute Gasteiger partial charge is 0.411 e. The summed E-state index contributed by atoms with van der Waals surface area (Å²) in [6.45, 7) is 0.673. The standard InChI is InChI=1S/C20H16FN3O3S/c21-16-8-2-1-7-15(16)19-22-23-20(27-19)28-12-17(25)13-5-3-6-14(11-13)24-10-4-9-18(24)26/h1-3,5-8,11H,4,9-10,12H2. The first-order valence-electron chi connectivity index (χ1n) is 8.76. The maximum atomic E-state index is 13.8. The number of aromatic nitrogens is 2. The van der Waals surface area contributed by atoms with Crippen molar-refractivity contribution in [3.05, 3.63) is 59.9 Å². The second-order valence-corrected chi connectivity index (χ2v) is 7.19. The fourth-order valence-corrected chi connectivity index (χ4v) is 3.65. The summed E-state index contributed by atoms with van der Waals surface area (Å²) in [4.78, 5) is 26.1. The van der Waals surface area contributed by atoms with E-state index in [0.29, 0.717) is 18.5 Å².